The Hall–Kier alpha value is -1.89. The summed E-state index contributed by atoms with van der Waals surface area (Å²) in [5, 5.41) is 24.2. The molecule has 0 spiro atoms. The first-order chi connectivity index (χ1) is 11.4. The highest BCUT2D eigenvalue weighted by Crippen LogP contribution is 2.28. The maximum Gasteiger partial charge on any atom is 0.185 e. The molecule has 24 heavy (non-hydrogen) atoms. The van der Waals surface area contributed by atoms with E-state index in [4.69, 9.17) is 23.2 Å². The van der Waals surface area contributed by atoms with E-state index in [1.54, 1.807) is 22.7 Å². The van der Waals surface area contributed by atoms with E-state index in [0.717, 1.165) is 17.9 Å². The third kappa shape index (κ3) is 2.81. The van der Waals surface area contributed by atoms with Crippen LogP contribution in [0.5, 0.6) is 0 Å². The molecule has 4 rings (SSSR count). The molecule has 2 aromatic heterocycles. The Morgan fingerprint density at radius 1 is 1.12 bits per heavy atom. The van der Waals surface area contributed by atoms with Gasteiger partial charge in [0.15, 0.2) is 11.5 Å². The van der Waals surface area contributed by atoms with Crippen molar-refractivity contribution in [2.45, 2.75) is 18.9 Å². The van der Waals surface area contributed by atoms with Gasteiger partial charge in [0.2, 0.25) is 0 Å². The standard InChI is InChI=1S/C16H15Cl2N5O/c1-16(24)4-5-22(9-16)14-3-2-13-19-20-15(23(13)21-14)10-6-11(17)8-12(18)7-10/h2-3,6-8,24H,4-5,9H2,1H3. The third-order valence-corrected chi connectivity index (χ3v) is 4.58. The molecule has 1 N–H and O–H groups in total. The second-order valence-corrected chi connectivity index (χ2v) is 7.18. The van der Waals surface area contributed by atoms with Crippen LogP contribution < -0.4 is 4.90 Å². The Morgan fingerprint density at radius 3 is 2.54 bits per heavy atom. The predicted molar refractivity (Wildman–Crippen MR) is 93.7 cm³/mol. The van der Waals surface area contributed by atoms with Crippen LogP contribution in [0.4, 0.5) is 5.82 Å². The van der Waals surface area contributed by atoms with Gasteiger partial charge in [0, 0.05) is 28.7 Å². The van der Waals surface area contributed by atoms with E-state index >= 15 is 0 Å². The van der Waals surface area contributed by atoms with Crippen molar-refractivity contribution < 1.29 is 5.11 Å². The molecule has 0 radical (unpaired) electrons. The monoisotopic (exact) mass is 363 g/mol. The average Bonchev–Trinajstić information content (AvgIpc) is 3.08. The molecule has 0 aliphatic carbocycles. The average molecular weight is 364 g/mol. The van der Waals surface area contributed by atoms with Crippen LogP contribution in [0.15, 0.2) is 30.3 Å². The van der Waals surface area contributed by atoms with Gasteiger partial charge < -0.3 is 10.0 Å². The molecular weight excluding hydrogens is 349 g/mol. The highest BCUT2D eigenvalue weighted by atomic mass is 35.5. The molecule has 0 bridgehead atoms. The van der Waals surface area contributed by atoms with E-state index in [1.807, 2.05) is 24.0 Å². The van der Waals surface area contributed by atoms with E-state index in [-0.39, 0.29) is 0 Å². The molecule has 1 unspecified atom stereocenters. The Morgan fingerprint density at radius 2 is 1.88 bits per heavy atom. The molecule has 1 fully saturated rings. The van der Waals surface area contributed by atoms with E-state index in [1.165, 1.54) is 0 Å². The molecule has 1 aromatic carbocycles. The van der Waals surface area contributed by atoms with Gasteiger partial charge in [0.1, 0.15) is 5.82 Å². The molecule has 1 aliphatic rings. The second kappa shape index (κ2) is 5.58. The maximum atomic E-state index is 10.2. The van der Waals surface area contributed by atoms with Crippen LogP contribution in [-0.4, -0.2) is 43.6 Å². The lowest BCUT2D eigenvalue weighted by atomic mass is 10.1. The largest absolute Gasteiger partial charge is 0.388 e. The van der Waals surface area contributed by atoms with Crippen LogP contribution in [0.25, 0.3) is 17.0 Å². The predicted octanol–water partition coefficient (Wildman–Crippen LogP) is 3.06. The number of fused-ring (bicyclic) bond motifs is 1. The first-order valence-corrected chi connectivity index (χ1v) is 8.33. The zero-order chi connectivity index (χ0) is 16.9. The van der Waals surface area contributed by atoms with Gasteiger partial charge in [0.25, 0.3) is 0 Å². The molecule has 3 aromatic rings. The maximum absolute atomic E-state index is 10.2. The molecule has 8 heteroatoms. The smallest absolute Gasteiger partial charge is 0.185 e. The lowest BCUT2D eigenvalue weighted by Crippen LogP contribution is -2.30. The third-order valence-electron chi connectivity index (χ3n) is 4.15. The minimum absolute atomic E-state index is 0.529. The number of rotatable bonds is 2. The molecule has 1 aliphatic heterocycles. The number of hydrogen-bond donors (Lipinski definition) is 1. The molecule has 0 saturated carbocycles. The molecule has 1 atom stereocenters. The Balaban J connectivity index is 1.79. The van der Waals surface area contributed by atoms with E-state index in [2.05, 4.69) is 15.3 Å². The van der Waals surface area contributed by atoms with Gasteiger partial charge in [0.05, 0.1) is 5.60 Å². The molecule has 0 amide bonds. The van der Waals surface area contributed by atoms with E-state index in [9.17, 15) is 5.11 Å². The van der Waals surface area contributed by atoms with Crippen LogP contribution in [0.1, 0.15) is 13.3 Å². The van der Waals surface area contributed by atoms with Crippen LogP contribution >= 0.6 is 23.2 Å². The van der Waals surface area contributed by atoms with Crippen LogP contribution in [0, 0.1) is 0 Å². The summed E-state index contributed by atoms with van der Waals surface area (Å²) < 4.78 is 1.67. The van der Waals surface area contributed by atoms with Crippen molar-refractivity contribution in [3.63, 3.8) is 0 Å². The zero-order valence-corrected chi connectivity index (χ0v) is 14.5. The summed E-state index contributed by atoms with van der Waals surface area (Å²) in [5.41, 5.74) is 0.696. The molecule has 3 heterocycles. The van der Waals surface area contributed by atoms with Gasteiger partial charge in [-0.1, -0.05) is 23.2 Å². The summed E-state index contributed by atoms with van der Waals surface area (Å²) in [6.07, 6.45) is 0.714. The van der Waals surface area contributed by atoms with Crippen LogP contribution in [0.2, 0.25) is 10.0 Å². The Bertz CT molecular complexity index is 904. The number of β-amino-alcohol motifs (C(OH)–C–C–N with tert-alkyl or cyclic N) is 1. The van der Waals surface area contributed by atoms with Crippen molar-refractivity contribution in [2.24, 2.45) is 0 Å². The lowest BCUT2D eigenvalue weighted by molar-refractivity contribution is 0.0839. The van der Waals surface area contributed by atoms with Crippen LogP contribution in [0.3, 0.4) is 0 Å². The minimum Gasteiger partial charge on any atom is -0.388 e. The number of hydrogen-bond acceptors (Lipinski definition) is 5. The SMILES string of the molecule is CC1(O)CCN(c2ccc3nnc(-c4cc(Cl)cc(Cl)c4)n3n2)C1. The molecular formula is C16H15Cl2N5O. The number of halogens is 2. The summed E-state index contributed by atoms with van der Waals surface area (Å²) in [4.78, 5) is 2.05. The van der Waals surface area contributed by atoms with Crippen molar-refractivity contribution in [1.29, 1.82) is 0 Å². The Labute approximate surface area is 148 Å². The normalized spacial score (nSPS) is 20.9. The molecule has 6 nitrogen and oxygen atoms in total. The van der Waals surface area contributed by atoms with Gasteiger partial charge in [-0.3, -0.25) is 0 Å². The summed E-state index contributed by atoms with van der Waals surface area (Å²) in [5.74, 6) is 1.34. The fourth-order valence-electron chi connectivity index (χ4n) is 2.95. The number of aliphatic hydroxyl groups is 1. The lowest BCUT2D eigenvalue weighted by Gasteiger charge is -2.19. The second-order valence-electron chi connectivity index (χ2n) is 6.31. The first kappa shape index (κ1) is 15.6. The number of anilines is 1. The summed E-state index contributed by atoms with van der Waals surface area (Å²) in [6, 6.07) is 8.97. The fraction of sp³-hybridized carbons (Fsp3) is 0.312. The van der Waals surface area contributed by atoms with Crippen molar-refractivity contribution in [2.75, 3.05) is 18.0 Å². The number of nitrogens with zero attached hydrogens (tertiary/aromatic N) is 5. The minimum atomic E-state index is -0.687. The van der Waals surface area contributed by atoms with Crippen molar-refractivity contribution in [3.05, 3.63) is 40.4 Å². The highest BCUT2D eigenvalue weighted by Gasteiger charge is 2.32. The summed E-state index contributed by atoms with van der Waals surface area (Å²) in [6.45, 7) is 3.14. The highest BCUT2D eigenvalue weighted by molar-refractivity contribution is 6.35. The van der Waals surface area contributed by atoms with Gasteiger partial charge >= 0.3 is 0 Å². The number of aromatic nitrogens is 4. The van der Waals surface area contributed by atoms with Crippen LogP contribution in [-0.2, 0) is 0 Å². The topological polar surface area (TPSA) is 66.5 Å². The fourth-order valence-corrected chi connectivity index (χ4v) is 3.48. The summed E-state index contributed by atoms with van der Waals surface area (Å²) >= 11 is 12.2. The first-order valence-electron chi connectivity index (χ1n) is 7.58. The van der Waals surface area contributed by atoms with Gasteiger partial charge in [-0.05, 0) is 43.7 Å². The Kier molecular flexibility index (Phi) is 3.63. The quantitative estimate of drug-likeness (QED) is 0.757. The van der Waals surface area contributed by atoms with Crippen molar-refractivity contribution >= 4 is 34.7 Å². The molecule has 1 saturated heterocycles. The number of benzene rings is 1. The van der Waals surface area contributed by atoms with E-state index in [0.29, 0.717) is 34.5 Å². The van der Waals surface area contributed by atoms with Gasteiger partial charge in [-0.2, -0.15) is 4.52 Å². The van der Waals surface area contributed by atoms with Gasteiger partial charge in [-0.15, -0.1) is 15.3 Å². The zero-order valence-electron chi connectivity index (χ0n) is 12.9. The van der Waals surface area contributed by atoms with Crippen molar-refractivity contribution in [1.82, 2.24) is 19.8 Å². The van der Waals surface area contributed by atoms with E-state index < -0.39 is 5.60 Å². The van der Waals surface area contributed by atoms with Crippen molar-refractivity contribution in [3.8, 4) is 11.4 Å². The summed E-state index contributed by atoms with van der Waals surface area (Å²) in [7, 11) is 0. The van der Waals surface area contributed by atoms with Gasteiger partial charge in [-0.25, -0.2) is 0 Å². The molecule has 124 valence electrons.